The van der Waals surface area contributed by atoms with Crippen molar-refractivity contribution < 1.29 is 0 Å². The Kier molecular flexibility index (Phi) is 11.8. The molecule has 1 rings (SSSR count). The Bertz CT molecular complexity index is 329. The van der Waals surface area contributed by atoms with Crippen molar-refractivity contribution in [2.75, 3.05) is 5.12 Å². The molecular formula is C13H22ClN3. The van der Waals surface area contributed by atoms with E-state index in [4.69, 9.17) is 11.6 Å². The average Bonchev–Trinajstić information content (AvgIpc) is 2.38. The molecule has 0 aliphatic heterocycles. The maximum absolute atomic E-state index is 5.80. The second-order valence-electron chi connectivity index (χ2n) is 2.50. The zero-order valence-corrected chi connectivity index (χ0v) is 12.1. The summed E-state index contributed by atoms with van der Waals surface area (Å²) in [5.74, 6) is 0. The van der Waals surface area contributed by atoms with E-state index in [0.29, 0.717) is 5.02 Å². The lowest BCUT2D eigenvalue weighted by Gasteiger charge is -2.13. The molecule has 0 aliphatic carbocycles. The number of hydrogen-bond donors (Lipinski definition) is 0. The van der Waals surface area contributed by atoms with Crippen molar-refractivity contribution in [3.63, 3.8) is 0 Å². The van der Waals surface area contributed by atoms with E-state index in [0.717, 1.165) is 11.3 Å². The Morgan fingerprint density at radius 1 is 1.06 bits per heavy atom. The van der Waals surface area contributed by atoms with Crippen LogP contribution in [0.1, 0.15) is 33.3 Å². The van der Waals surface area contributed by atoms with Crippen molar-refractivity contribution in [3.8, 4) is 0 Å². The molecule has 0 saturated heterocycles. The first-order chi connectivity index (χ1) is 8.19. The van der Waals surface area contributed by atoms with E-state index in [1.165, 1.54) is 5.12 Å². The Hall–Kier alpha value is -1.35. The standard InChI is InChI=1S/C9H10ClN3.2C2H6/c1-7-6-8(10)4-5-9(7)13(11-2)12-3;2*1-2/h4-6H,2-3H2,1H3;2*1-2H3. The normalized spacial score (nSPS) is 7.88. The van der Waals surface area contributed by atoms with Crippen molar-refractivity contribution in [1.29, 1.82) is 0 Å². The number of anilines is 1. The molecule has 0 radical (unpaired) electrons. The van der Waals surface area contributed by atoms with Crippen molar-refractivity contribution in [2.24, 2.45) is 10.2 Å². The summed E-state index contributed by atoms with van der Waals surface area (Å²) in [6.45, 7) is 16.7. The van der Waals surface area contributed by atoms with Crippen LogP contribution in [-0.2, 0) is 0 Å². The smallest absolute Gasteiger partial charge is 0.0886 e. The van der Waals surface area contributed by atoms with Crippen LogP contribution in [0.25, 0.3) is 0 Å². The Morgan fingerprint density at radius 2 is 1.53 bits per heavy atom. The first-order valence-electron chi connectivity index (χ1n) is 5.68. The summed E-state index contributed by atoms with van der Waals surface area (Å²) >= 11 is 5.80. The molecule has 0 spiro atoms. The van der Waals surface area contributed by atoms with Gasteiger partial charge in [0, 0.05) is 18.5 Å². The first kappa shape index (κ1) is 18.0. The van der Waals surface area contributed by atoms with Gasteiger partial charge in [0.2, 0.25) is 0 Å². The fraction of sp³-hybridized carbons (Fsp3) is 0.385. The van der Waals surface area contributed by atoms with E-state index < -0.39 is 0 Å². The van der Waals surface area contributed by atoms with Crippen LogP contribution in [0.15, 0.2) is 28.4 Å². The van der Waals surface area contributed by atoms with Gasteiger partial charge in [0.1, 0.15) is 0 Å². The van der Waals surface area contributed by atoms with Crippen molar-refractivity contribution >= 4 is 30.7 Å². The molecular weight excluding hydrogens is 234 g/mol. The van der Waals surface area contributed by atoms with Crippen LogP contribution in [-0.4, -0.2) is 13.4 Å². The number of hydrazone groups is 2. The van der Waals surface area contributed by atoms with E-state index in [1.807, 2.05) is 46.8 Å². The predicted octanol–water partition coefficient (Wildman–Crippen LogP) is 4.74. The number of rotatable bonds is 3. The molecule has 4 heteroatoms. The van der Waals surface area contributed by atoms with E-state index in [2.05, 4.69) is 23.6 Å². The van der Waals surface area contributed by atoms with Gasteiger partial charge in [0.05, 0.1) is 5.69 Å². The SMILES string of the molecule is C=NN(N=C)c1ccc(Cl)cc1C.CC.CC. The van der Waals surface area contributed by atoms with Crippen LogP contribution < -0.4 is 5.12 Å². The summed E-state index contributed by atoms with van der Waals surface area (Å²) in [6, 6.07) is 5.43. The molecule has 0 aliphatic rings. The maximum atomic E-state index is 5.80. The molecule has 17 heavy (non-hydrogen) atoms. The van der Waals surface area contributed by atoms with Crippen LogP contribution in [0.5, 0.6) is 0 Å². The van der Waals surface area contributed by atoms with Crippen molar-refractivity contribution in [2.45, 2.75) is 34.6 Å². The molecule has 1 aromatic carbocycles. The van der Waals surface area contributed by atoms with E-state index >= 15 is 0 Å². The largest absolute Gasteiger partial charge is 0.167 e. The van der Waals surface area contributed by atoms with E-state index in [9.17, 15) is 0 Å². The summed E-state index contributed by atoms with van der Waals surface area (Å²) in [5, 5.41) is 9.40. The molecule has 0 heterocycles. The lowest BCUT2D eigenvalue weighted by molar-refractivity contribution is 0.938. The Morgan fingerprint density at radius 3 is 1.88 bits per heavy atom. The second kappa shape index (κ2) is 11.1. The molecule has 0 amide bonds. The topological polar surface area (TPSA) is 28.0 Å². The molecule has 0 bridgehead atoms. The van der Waals surface area contributed by atoms with Crippen molar-refractivity contribution in [1.82, 2.24) is 0 Å². The highest BCUT2D eigenvalue weighted by Gasteiger charge is 2.04. The zero-order valence-electron chi connectivity index (χ0n) is 11.4. The van der Waals surface area contributed by atoms with Gasteiger partial charge in [-0.1, -0.05) is 39.3 Å². The fourth-order valence-corrected chi connectivity index (χ4v) is 1.27. The van der Waals surface area contributed by atoms with E-state index in [1.54, 1.807) is 6.07 Å². The molecule has 0 fully saturated rings. The minimum atomic E-state index is 0.689. The summed E-state index contributed by atoms with van der Waals surface area (Å²) in [7, 11) is 0. The monoisotopic (exact) mass is 255 g/mol. The zero-order chi connectivity index (χ0) is 13.8. The quantitative estimate of drug-likeness (QED) is 0.566. The second-order valence-corrected chi connectivity index (χ2v) is 2.94. The minimum Gasteiger partial charge on any atom is -0.167 e. The third-order valence-electron chi connectivity index (χ3n) is 1.64. The minimum absolute atomic E-state index is 0.689. The van der Waals surface area contributed by atoms with Crippen LogP contribution >= 0.6 is 11.6 Å². The Labute approximate surface area is 110 Å². The van der Waals surface area contributed by atoms with Gasteiger partial charge in [-0.25, -0.2) is 0 Å². The summed E-state index contributed by atoms with van der Waals surface area (Å²) in [5.41, 5.74) is 1.81. The van der Waals surface area contributed by atoms with Gasteiger partial charge in [-0.05, 0) is 30.7 Å². The van der Waals surface area contributed by atoms with Gasteiger partial charge in [0.25, 0.3) is 0 Å². The van der Waals surface area contributed by atoms with Crippen LogP contribution in [0.4, 0.5) is 5.69 Å². The van der Waals surface area contributed by atoms with Crippen molar-refractivity contribution in [3.05, 3.63) is 28.8 Å². The van der Waals surface area contributed by atoms with Crippen LogP contribution in [0.2, 0.25) is 5.02 Å². The summed E-state index contributed by atoms with van der Waals surface area (Å²) in [4.78, 5) is 0. The van der Waals surface area contributed by atoms with Gasteiger partial charge in [-0.3, -0.25) is 0 Å². The summed E-state index contributed by atoms with van der Waals surface area (Å²) in [6.07, 6.45) is 0. The number of benzene rings is 1. The number of nitrogens with zero attached hydrogens (tertiary/aromatic N) is 3. The molecule has 0 unspecified atom stereocenters. The molecule has 1 aromatic rings. The maximum Gasteiger partial charge on any atom is 0.0886 e. The highest BCUT2D eigenvalue weighted by atomic mass is 35.5. The number of hydrogen-bond acceptors (Lipinski definition) is 3. The predicted molar refractivity (Wildman–Crippen MR) is 80.5 cm³/mol. The molecule has 0 atom stereocenters. The van der Waals surface area contributed by atoms with Crippen LogP contribution in [0, 0.1) is 6.92 Å². The van der Waals surface area contributed by atoms with Gasteiger partial charge in [-0.15, -0.1) is 0 Å². The van der Waals surface area contributed by atoms with Gasteiger partial charge < -0.3 is 0 Å². The first-order valence-corrected chi connectivity index (χ1v) is 6.06. The molecule has 96 valence electrons. The lowest BCUT2D eigenvalue weighted by atomic mass is 10.2. The summed E-state index contributed by atoms with van der Waals surface area (Å²) < 4.78 is 0. The molecule has 3 nitrogen and oxygen atoms in total. The highest BCUT2D eigenvalue weighted by molar-refractivity contribution is 6.30. The molecule has 0 saturated carbocycles. The van der Waals surface area contributed by atoms with Gasteiger partial charge in [-0.2, -0.15) is 15.3 Å². The Balaban J connectivity index is 0. The third kappa shape index (κ3) is 6.07. The number of halogens is 1. The molecule has 0 N–H and O–H groups in total. The van der Waals surface area contributed by atoms with Gasteiger partial charge >= 0.3 is 0 Å². The third-order valence-corrected chi connectivity index (χ3v) is 1.88. The fourth-order valence-electron chi connectivity index (χ4n) is 1.04. The number of aryl methyl sites for hydroxylation is 1. The van der Waals surface area contributed by atoms with Crippen LogP contribution in [0.3, 0.4) is 0 Å². The molecule has 0 aromatic heterocycles. The van der Waals surface area contributed by atoms with E-state index in [-0.39, 0.29) is 0 Å². The van der Waals surface area contributed by atoms with Gasteiger partial charge in [0.15, 0.2) is 0 Å². The average molecular weight is 256 g/mol. The lowest BCUT2D eigenvalue weighted by Crippen LogP contribution is -2.07. The highest BCUT2D eigenvalue weighted by Crippen LogP contribution is 2.23.